The number of ether oxygens (including phenoxy) is 2. The number of benzene rings is 2. The van der Waals surface area contributed by atoms with E-state index in [4.69, 9.17) is 9.47 Å². The fourth-order valence-corrected chi connectivity index (χ4v) is 2.22. The highest BCUT2D eigenvalue weighted by Gasteiger charge is 2.16. The van der Waals surface area contributed by atoms with E-state index in [-0.39, 0.29) is 6.61 Å². The van der Waals surface area contributed by atoms with Crippen LogP contribution in [-0.2, 0) is 9.59 Å². The fraction of sp³-hybridized carbons (Fsp3) is 0.300. The summed E-state index contributed by atoms with van der Waals surface area (Å²) < 4.78 is 11.0. The van der Waals surface area contributed by atoms with E-state index in [0.29, 0.717) is 11.5 Å². The van der Waals surface area contributed by atoms with Crippen LogP contribution in [-0.4, -0.2) is 24.5 Å². The zero-order valence-corrected chi connectivity index (χ0v) is 15.5. The number of hydrogen-bond acceptors (Lipinski definition) is 4. The first-order valence-electron chi connectivity index (χ1n) is 8.38. The van der Waals surface area contributed by atoms with Crippen LogP contribution in [0.2, 0.25) is 0 Å². The van der Waals surface area contributed by atoms with Gasteiger partial charge in [0.1, 0.15) is 11.5 Å². The second kappa shape index (κ2) is 8.89. The van der Waals surface area contributed by atoms with Gasteiger partial charge in [-0.05, 0) is 62.6 Å². The molecule has 0 heterocycles. The third kappa shape index (κ3) is 5.51. The molecular formula is C20H24N2O4. The largest absolute Gasteiger partial charge is 0.484 e. The van der Waals surface area contributed by atoms with Crippen molar-refractivity contribution in [3.8, 4) is 11.5 Å². The topological polar surface area (TPSA) is 76.7 Å². The quantitative estimate of drug-likeness (QED) is 0.780. The standard InChI is InChI=1S/C20H24N2O4/c1-13-7-5-9-17(11-13)25-12-19(23)21-22-20(24)16(4)26-18-10-6-8-14(2)15(18)3/h5-11,16H,12H2,1-4H3,(H,21,23)(H,22,24). The van der Waals surface area contributed by atoms with Gasteiger partial charge in [-0.2, -0.15) is 0 Å². The maximum absolute atomic E-state index is 12.1. The first-order chi connectivity index (χ1) is 12.4. The average Bonchev–Trinajstić information content (AvgIpc) is 2.61. The molecule has 0 saturated heterocycles. The number of hydrogen-bond donors (Lipinski definition) is 2. The number of nitrogens with one attached hydrogen (secondary N) is 2. The summed E-state index contributed by atoms with van der Waals surface area (Å²) in [6.45, 7) is 7.26. The number of carbonyl (C=O) groups excluding carboxylic acids is 2. The van der Waals surface area contributed by atoms with Crippen molar-refractivity contribution in [2.45, 2.75) is 33.8 Å². The van der Waals surface area contributed by atoms with E-state index in [1.807, 2.05) is 51.1 Å². The van der Waals surface area contributed by atoms with Crippen LogP contribution in [0.25, 0.3) is 0 Å². The lowest BCUT2D eigenvalue weighted by molar-refractivity contribution is -0.133. The van der Waals surface area contributed by atoms with Crippen molar-refractivity contribution in [2.75, 3.05) is 6.61 Å². The van der Waals surface area contributed by atoms with E-state index >= 15 is 0 Å². The van der Waals surface area contributed by atoms with Crippen LogP contribution < -0.4 is 20.3 Å². The molecule has 6 heteroatoms. The normalized spacial score (nSPS) is 11.4. The second-order valence-electron chi connectivity index (χ2n) is 6.10. The SMILES string of the molecule is Cc1cccc(OCC(=O)NNC(=O)C(C)Oc2cccc(C)c2C)c1. The zero-order chi connectivity index (χ0) is 19.1. The Morgan fingerprint density at radius 1 is 1.04 bits per heavy atom. The van der Waals surface area contributed by atoms with Gasteiger partial charge in [-0.15, -0.1) is 0 Å². The Morgan fingerprint density at radius 2 is 1.77 bits per heavy atom. The Bertz CT molecular complexity index is 789. The minimum atomic E-state index is -0.756. The molecular weight excluding hydrogens is 332 g/mol. The van der Waals surface area contributed by atoms with E-state index in [1.54, 1.807) is 19.1 Å². The number of rotatable bonds is 6. The van der Waals surface area contributed by atoms with Crippen molar-refractivity contribution >= 4 is 11.8 Å². The molecule has 0 aliphatic rings. The minimum absolute atomic E-state index is 0.198. The Morgan fingerprint density at radius 3 is 2.50 bits per heavy atom. The summed E-state index contributed by atoms with van der Waals surface area (Å²) in [6, 6.07) is 13.0. The molecule has 0 aromatic heterocycles. The van der Waals surface area contributed by atoms with Gasteiger partial charge >= 0.3 is 0 Å². The Kier molecular flexibility index (Phi) is 6.60. The molecule has 0 saturated carbocycles. The van der Waals surface area contributed by atoms with Crippen molar-refractivity contribution in [1.29, 1.82) is 0 Å². The van der Waals surface area contributed by atoms with Crippen molar-refractivity contribution in [1.82, 2.24) is 10.9 Å². The van der Waals surface area contributed by atoms with Gasteiger partial charge < -0.3 is 9.47 Å². The lowest BCUT2D eigenvalue weighted by Crippen LogP contribution is -2.48. The van der Waals surface area contributed by atoms with Gasteiger partial charge in [0.05, 0.1) is 0 Å². The van der Waals surface area contributed by atoms with Crippen LogP contribution in [0.4, 0.5) is 0 Å². The molecule has 2 aromatic rings. The van der Waals surface area contributed by atoms with Gasteiger partial charge in [-0.3, -0.25) is 20.4 Å². The lowest BCUT2D eigenvalue weighted by atomic mass is 10.1. The van der Waals surface area contributed by atoms with E-state index < -0.39 is 17.9 Å². The Hall–Kier alpha value is -3.02. The average molecular weight is 356 g/mol. The monoisotopic (exact) mass is 356 g/mol. The summed E-state index contributed by atoms with van der Waals surface area (Å²) in [6.07, 6.45) is -0.756. The molecule has 2 aromatic carbocycles. The molecule has 0 aliphatic carbocycles. The van der Waals surface area contributed by atoms with Crippen molar-refractivity contribution in [3.63, 3.8) is 0 Å². The third-order valence-electron chi connectivity index (χ3n) is 3.91. The molecule has 0 aliphatic heterocycles. The summed E-state index contributed by atoms with van der Waals surface area (Å²) in [5.74, 6) is 0.327. The van der Waals surface area contributed by atoms with E-state index in [0.717, 1.165) is 16.7 Å². The molecule has 138 valence electrons. The Balaban J connectivity index is 1.78. The summed E-state index contributed by atoms with van der Waals surface area (Å²) >= 11 is 0. The molecule has 2 amide bonds. The zero-order valence-electron chi connectivity index (χ0n) is 15.5. The van der Waals surface area contributed by atoms with Crippen LogP contribution in [0.15, 0.2) is 42.5 Å². The van der Waals surface area contributed by atoms with E-state index in [9.17, 15) is 9.59 Å². The first kappa shape index (κ1) is 19.3. The van der Waals surface area contributed by atoms with Crippen LogP contribution in [0.5, 0.6) is 11.5 Å². The molecule has 0 radical (unpaired) electrons. The maximum atomic E-state index is 12.1. The number of aryl methyl sites for hydroxylation is 2. The molecule has 1 atom stereocenters. The minimum Gasteiger partial charge on any atom is -0.484 e. The predicted octanol–water partition coefficient (Wildman–Crippen LogP) is 2.61. The van der Waals surface area contributed by atoms with Gasteiger partial charge in [0.2, 0.25) is 0 Å². The van der Waals surface area contributed by atoms with E-state index in [2.05, 4.69) is 10.9 Å². The number of amides is 2. The molecule has 0 spiro atoms. The van der Waals surface area contributed by atoms with Gasteiger partial charge in [0.25, 0.3) is 11.8 Å². The van der Waals surface area contributed by atoms with Crippen molar-refractivity contribution in [2.24, 2.45) is 0 Å². The molecule has 1 unspecified atom stereocenters. The van der Waals surface area contributed by atoms with E-state index in [1.165, 1.54) is 0 Å². The molecule has 0 bridgehead atoms. The highest BCUT2D eigenvalue weighted by molar-refractivity contribution is 5.85. The molecule has 6 nitrogen and oxygen atoms in total. The summed E-state index contributed by atoms with van der Waals surface area (Å²) in [4.78, 5) is 23.9. The highest BCUT2D eigenvalue weighted by Crippen LogP contribution is 2.21. The highest BCUT2D eigenvalue weighted by atomic mass is 16.5. The van der Waals surface area contributed by atoms with Crippen LogP contribution in [0.1, 0.15) is 23.6 Å². The molecule has 26 heavy (non-hydrogen) atoms. The number of carbonyl (C=O) groups is 2. The third-order valence-corrected chi connectivity index (χ3v) is 3.91. The lowest BCUT2D eigenvalue weighted by Gasteiger charge is -2.17. The number of hydrazine groups is 1. The van der Waals surface area contributed by atoms with Gasteiger partial charge in [-0.1, -0.05) is 24.3 Å². The molecule has 2 N–H and O–H groups in total. The van der Waals surface area contributed by atoms with Gasteiger partial charge in [0.15, 0.2) is 12.7 Å². The molecule has 2 rings (SSSR count). The summed E-state index contributed by atoms with van der Waals surface area (Å²) in [5, 5.41) is 0. The van der Waals surface area contributed by atoms with Gasteiger partial charge in [-0.25, -0.2) is 0 Å². The van der Waals surface area contributed by atoms with Crippen LogP contribution in [0, 0.1) is 20.8 Å². The maximum Gasteiger partial charge on any atom is 0.279 e. The fourth-order valence-electron chi connectivity index (χ4n) is 2.22. The smallest absolute Gasteiger partial charge is 0.279 e. The van der Waals surface area contributed by atoms with Crippen molar-refractivity contribution < 1.29 is 19.1 Å². The predicted molar refractivity (Wildman–Crippen MR) is 99.0 cm³/mol. The van der Waals surface area contributed by atoms with Crippen LogP contribution in [0.3, 0.4) is 0 Å². The summed E-state index contributed by atoms with van der Waals surface area (Å²) in [7, 11) is 0. The second-order valence-corrected chi connectivity index (χ2v) is 6.10. The van der Waals surface area contributed by atoms with Gasteiger partial charge in [0, 0.05) is 0 Å². The van der Waals surface area contributed by atoms with Crippen molar-refractivity contribution in [3.05, 3.63) is 59.2 Å². The van der Waals surface area contributed by atoms with Crippen LogP contribution >= 0.6 is 0 Å². The summed E-state index contributed by atoms with van der Waals surface area (Å²) in [5.41, 5.74) is 7.75. The Labute approximate surface area is 153 Å². The first-order valence-corrected chi connectivity index (χ1v) is 8.38. The molecule has 0 fully saturated rings.